The van der Waals surface area contributed by atoms with Crippen molar-refractivity contribution in [1.82, 2.24) is 4.98 Å². The number of halogens is 2. The summed E-state index contributed by atoms with van der Waals surface area (Å²) in [4.78, 5) is 3.77. The first-order chi connectivity index (χ1) is 7.58. The lowest BCUT2D eigenvalue weighted by Gasteiger charge is -2.06. The highest BCUT2D eigenvalue weighted by Gasteiger charge is 2.10. The molecule has 1 aromatic heterocycles. The third kappa shape index (κ3) is 1.94. The van der Waals surface area contributed by atoms with Crippen LogP contribution < -0.4 is 0 Å². The van der Waals surface area contributed by atoms with Gasteiger partial charge in [0.15, 0.2) is 5.82 Å². The monoisotopic (exact) mass is 218 g/mol. The summed E-state index contributed by atoms with van der Waals surface area (Å²) in [5.41, 5.74) is 2.58. The number of nitrogens with zero attached hydrogens (tertiary/aromatic N) is 1. The van der Waals surface area contributed by atoms with E-state index >= 15 is 0 Å². The van der Waals surface area contributed by atoms with E-state index in [2.05, 4.69) is 11.1 Å². The van der Waals surface area contributed by atoms with Gasteiger partial charge in [-0.15, -0.1) is 0 Å². The fourth-order valence-electron chi connectivity index (χ4n) is 1.61. The van der Waals surface area contributed by atoms with Crippen molar-refractivity contribution in [3.05, 3.63) is 53.2 Å². The van der Waals surface area contributed by atoms with Gasteiger partial charge in [-0.3, -0.25) is 4.98 Å². The molecule has 1 nitrogen and oxygen atoms in total. The third-order valence-electron chi connectivity index (χ3n) is 2.35. The first-order valence-corrected chi connectivity index (χ1v) is 4.89. The Morgan fingerprint density at radius 2 is 1.94 bits per heavy atom. The zero-order valence-electron chi connectivity index (χ0n) is 9.01. The van der Waals surface area contributed by atoms with Crippen molar-refractivity contribution in [2.24, 2.45) is 0 Å². The van der Waals surface area contributed by atoms with Gasteiger partial charge < -0.3 is 0 Å². The van der Waals surface area contributed by atoms with Gasteiger partial charge in [-0.1, -0.05) is 12.1 Å². The molecule has 0 N–H and O–H groups in total. The van der Waals surface area contributed by atoms with Crippen LogP contribution in [0.15, 0.2) is 24.4 Å². The molecule has 0 fully saturated rings. The van der Waals surface area contributed by atoms with Crippen molar-refractivity contribution in [2.45, 2.75) is 13.8 Å². The molecule has 0 bridgehead atoms. The van der Waals surface area contributed by atoms with Gasteiger partial charge in [0.2, 0.25) is 0 Å². The Hall–Kier alpha value is -1.77. The first-order valence-electron chi connectivity index (χ1n) is 4.89. The number of benzene rings is 1. The molecule has 0 atom stereocenters. The highest BCUT2D eigenvalue weighted by Crippen LogP contribution is 2.24. The topological polar surface area (TPSA) is 12.9 Å². The largest absolute Gasteiger partial charge is 0.250 e. The van der Waals surface area contributed by atoms with Crippen LogP contribution in [0, 0.1) is 31.5 Å². The van der Waals surface area contributed by atoms with Crippen molar-refractivity contribution in [3.63, 3.8) is 0 Å². The molecule has 3 heteroatoms. The Morgan fingerprint density at radius 3 is 2.56 bits per heavy atom. The van der Waals surface area contributed by atoms with Crippen molar-refractivity contribution in [1.29, 1.82) is 0 Å². The molecule has 1 heterocycles. The number of aryl methyl sites for hydroxylation is 2. The number of rotatable bonds is 1. The third-order valence-corrected chi connectivity index (χ3v) is 2.35. The van der Waals surface area contributed by atoms with Gasteiger partial charge in [-0.25, -0.2) is 8.78 Å². The summed E-state index contributed by atoms with van der Waals surface area (Å²) in [5.74, 6) is -1.32. The van der Waals surface area contributed by atoms with Crippen LogP contribution in [-0.2, 0) is 0 Å². The second-order valence-electron chi connectivity index (χ2n) is 3.66. The lowest BCUT2D eigenvalue weighted by Crippen LogP contribution is -1.93. The van der Waals surface area contributed by atoms with E-state index in [9.17, 15) is 8.78 Å². The molecule has 0 unspecified atom stereocenters. The minimum Gasteiger partial charge on any atom is -0.250 e. The molecule has 1 aromatic carbocycles. The molecular weight excluding hydrogens is 208 g/mol. The van der Waals surface area contributed by atoms with E-state index in [1.54, 1.807) is 6.07 Å². The predicted molar refractivity (Wildman–Crippen MR) is 57.9 cm³/mol. The van der Waals surface area contributed by atoms with E-state index in [0.717, 1.165) is 23.4 Å². The molecule has 0 saturated heterocycles. The van der Waals surface area contributed by atoms with Crippen LogP contribution >= 0.6 is 0 Å². The molecule has 1 radical (unpaired) electrons. The predicted octanol–water partition coefficient (Wildman–Crippen LogP) is 3.44. The minimum absolute atomic E-state index is 0.162. The van der Waals surface area contributed by atoms with Gasteiger partial charge in [-0.05, 0) is 31.0 Å². The molecular formula is C13H10F2N. The van der Waals surface area contributed by atoms with Gasteiger partial charge >= 0.3 is 0 Å². The second kappa shape index (κ2) is 4.00. The molecule has 0 aliphatic heterocycles. The number of hydrogen-bond donors (Lipinski definition) is 0. The smallest absolute Gasteiger partial charge is 0.152 e. The molecule has 0 spiro atoms. The van der Waals surface area contributed by atoms with E-state index in [4.69, 9.17) is 0 Å². The minimum atomic E-state index is -0.671. The van der Waals surface area contributed by atoms with Crippen LogP contribution in [0.1, 0.15) is 11.1 Å². The second-order valence-corrected chi connectivity index (χ2v) is 3.66. The van der Waals surface area contributed by atoms with Gasteiger partial charge in [0, 0.05) is 11.6 Å². The molecule has 0 amide bonds. The zero-order chi connectivity index (χ0) is 11.7. The van der Waals surface area contributed by atoms with E-state index in [-0.39, 0.29) is 5.69 Å². The summed E-state index contributed by atoms with van der Waals surface area (Å²) in [7, 11) is 0. The molecule has 0 saturated carbocycles. The Kier molecular flexibility index (Phi) is 2.69. The lowest BCUT2D eigenvalue weighted by atomic mass is 10.0. The maximum absolute atomic E-state index is 13.5. The van der Waals surface area contributed by atoms with Crippen molar-refractivity contribution >= 4 is 0 Å². The Balaban J connectivity index is 2.59. The van der Waals surface area contributed by atoms with Gasteiger partial charge in [0.05, 0.1) is 6.20 Å². The highest BCUT2D eigenvalue weighted by molar-refractivity contribution is 5.64. The Labute approximate surface area is 92.8 Å². The van der Waals surface area contributed by atoms with Crippen LogP contribution in [0.5, 0.6) is 0 Å². The quantitative estimate of drug-likeness (QED) is 0.714. The molecule has 2 aromatic rings. The summed E-state index contributed by atoms with van der Waals surface area (Å²) >= 11 is 0. The van der Waals surface area contributed by atoms with Crippen LogP contribution in [-0.4, -0.2) is 4.98 Å². The van der Waals surface area contributed by atoms with Crippen LogP contribution in [0.25, 0.3) is 11.3 Å². The van der Waals surface area contributed by atoms with E-state index < -0.39 is 11.6 Å². The average Bonchev–Trinajstić information content (AvgIpc) is 2.19. The Bertz CT molecular complexity index is 486. The molecule has 16 heavy (non-hydrogen) atoms. The van der Waals surface area contributed by atoms with Crippen LogP contribution in [0.3, 0.4) is 0 Å². The highest BCUT2D eigenvalue weighted by atomic mass is 19.1. The van der Waals surface area contributed by atoms with Crippen molar-refractivity contribution < 1.29 is 8.78 Å². The summed E-state index contributed by atoms with van der Waals surface area (Å²) in [6, 6.07) is 7.51. The van der Waals surface area contributed by atoms with Crippen LogP contribution in [0.4, 0.5) is 8.78 Å². The Morgan fingerprint density at radius 1 is 1.19 bits per heavy atom. The summed E-state index contributed by atoms with van der Waals surface area (Å²) < 4.78 is 26.2. The normalized spacial score (nSPS) is 10.5. The maximum Gasteiger partial charge on any atom is 0.152 e. The molecule has 0 aliphatic rings. The van der Waals surface area contributed by atoms with E-state index in [0.29, 0.717) is 5.56 Å². The SMILES string of the molecule is Cc1[c]c(C)c(-c2ncc(F)cc2F)cc1. The van der Waals surface area contributed by atoms with Gasteiger partial charge in [0.25, 0.3) is 0 Å². The van der Waals surface area contributed by atoms with Crippen molar-refractivity contribution in [3.8, 4) is 11.3 Å². The lowest BCUT2D eigenvalue weighted by molar-refractivity contribution is 0.576. The summed E-state index contributed by atoms with van der Waals surface area (Å²) in [6.45, 7) is 3.73. The first kappa shape index (κ1) is 10.7. The van der Waals surface area contributed by atoms with Gasteiger partial charge in [0.1, 0.15) is 11.5 Å². The summed E-state index contributed by atoms with van der Waals surface area (Å²) in [6.07, 6.45) is 1.01. The fraction of sp³-hybridized carbons (Fsp3) is 0.154. The maximum atomic E-state index is 13.5. The van der Waals surface area contributed by atoms with Crippen molar-refractivity contribution in [2.75, 3.05) is 0 Å². The van der Waals surface area contributed by atoms with E-state index in [1.807, 2.05) is 19.9 Å². The molecule has 81 valence electrons. The van der Waals surface area contributed by atoms with Crippen LogP contribution in [0.2, 0.25) is 0 Å². The average molecular weight is 218 g/mol. The summed E-state index contributed by atoms with van der Waals surface area (Å²) in [5, 5.41) is 0. The number of hydrogen-bond acceptors (Lipinski definition) is 1. The number of aromatic nitrogens is 1. The van der Waals surface area contributed by atoms with E-state index in [1.165, 1.54) is 0 Å². The van der Waals surface area contributed by atoms with Gasteiger partial charge in [-0.2, -0.15) is 0 Å². The molecule has 0 aliphatic carbocycles. The molecule has 2 rings (SSSR count). The zero-order valence-corrected chi connectivity index (χ0v) is 9.01. The number of pyridine rings is 1. The fourth-order valence-corrected chi connectivity index (χ4v) is 1.61. The standard InChI is InChI=1S/C13H10F2N/c1-8-3-4-11(9(2)5-8)13-12(15)6-10(14)7-16-13/h3-4,6-7H,1-2H3.